The Kier molecular flexibility index (Phi) is 4.74. The molecule has 0 unspecified atom stereocenters. The number of hydrogen-bond acceptors (Lipinski definition) is 6. The first-order valence-electron chi connectivity index (χ1n) is 8.38. The van der Waals surface area contributed by atoms with Gasteiger partial charge in [0, 0.05) is 18.8 Å². The summed E-state index contributed by atoms with van der Waals surface area (Å²) in [6, 6.07) is 6.16. The summed E-state index contributed by atoms with van der Waals surface area (Å²) in [7, 11) is 0. The predicted octanol–water partition coefficient (Wildman–Crippen LogP) is 2.72. The standard InChI is InChI=1S/C18H23N5O2/c1-11-3-4-12(2)14(9-11)22-16-15(19)17(21-10-20-16)23-7-5-13(6-8-23)18(24)25/h3-4,9-10,13H,5-8,19H2,1-2H3,(H,24,25)(H,20,21,22). The highest BCUT2D eigenvalue weighted by molar-refractivity contribution is 5.79. The van der Waals surface area contributed by atoms with Gasteiger partial charge >= 0.3 is 5.97 Å². The minimum atomic E-state index is -0.729. The number of benzene rings is 1. The van der Waals surface area contributed by atoms with Gasteiger partial charge in [-0.25, -0.2) is 9.97 Å². The number of hydrogen-bond donors (Lipinski definition) is 3. The van der Waals surface area contributed by atoms with Crippen LogP contribution in [-0.4, -0.2) is 34.1 Å². The van der Waals surface area contributed by atoms with Crippen LogP contribution in [-0.2, 0) is 4.79 Å². The summed E-state index contributed by atoms with van der Waals surface area (Å²) in [5.74, 6) is 0.213. The average Bonchev–Trinajstić information content (AvgIpc) is 2.60. The molecule has 3 rings (SSSR count). The zero-order chi connectivity index (χ0) is 18.0. The maximum Gasteiger partial charge on any atom is 0.306 e. The van der Waals surface area contributed by atoms with E-state index in [1.165, 1.54) is 6.33 Å². The summed E-state index contributed by atoms with van der Waals surface area (Å²) in [5.41, 5.74) is 10.00. The molecule has 1 fully saturated rings. The Morgan fingerprint density at radius 2 is 2.00 bits per heavy atom. The fraction of sp³-hybridized carbons (Fsp3) is 0.389. The summed E-state index contributed by atoms with van der Waals surface area (Å²) < 4.78 is 0. The van der Waals surface area contributed by atoms with Gasteiger partial charge in [-0.05, 0) is 43.9 Å². The van der Waals surface area contributed by atoms with Gasteiger partial charge in [-0.15, -0.1) is 0 Å². The lowest BCUT2D eigenvalue weighted by Crippen LogP contribution is -2.37. The highest BCUT2D eigenvalue weighted by atomic mass is 16.4. The van der Waals surface area contributed by atoms with Gasteiger partial charge < -0.3 is 21.1 Å². The first-order valence-corrected chi connectivity index (χ1v) is 8.38. The Hall–Kier alpha value is -2.83. The molecule has 1 aliphatic heterocycles. The van der Waals surface area contributed by atoms with Gasteiger partial charge in [0.25, 0.3) is 0 Å². The molecule has 7 heteroatoms. The van der Waals surface area contributed by atoms with Gasteiger partial charge in [0.1, 0.15) is 12.0 Å². The molecular formula is C18H23N5O2. The van der Waals surface area contributed by atoms with E-state index in [1.807, 2.05) is 24.8 Å². The van der Waals surface area contributed by atoms with E-state index in [4.69, 9.17) is 10.8 Å². The molecule has 0 saturated carbocycles. The van der Waals surface area contributed by atoms with Crippen molar-refractivity contribution in [2.45, 2.75) is 26.7 Å². The number of nitrogens with one attached hydrogen (secondary N) is 1. The third-order valence-electron chi connectivity index (χ3n) is 4.65. The fourth-order valence-corrected chi connectivity index (χ4v) is 3.07. The zero-order valence-electron chi connectivity index (χ0n) is 14.5. The van der Waals surface area contributed by atoms with Crippen molar-refractivity contribution in [1.82, 2.24) is 9.97 Å². The number of carboxylic acids is 1. The Morgan fingerprint density at radius 3 is 2.68 bits per heavy atom. The monoisotopic (exact) mass is 341 g/mol. The van der Waals surface area contributed by atoms with Crippen molar-refractivity contribution in [1.29, 1.82) is 0 Å². The predicted molar refractivity (Wildman–Crippen MR) is 98.2 cm³/mol. The highest BCUT2D eigenvalue weighted by Crippen LogP contribution is 2.32. The molecule has 0 aliphatic carbocycles. The van der Waals surface area contributed by atoms with Gasteiger partial charge in [-0.1, -0.05) is 12.1 Å². The summed E-state index contributed by atoms with van der Waals surface area (Å²) >= 11 is 0. The maximum absolute atomic E-state index is 11.1. The number of carboxylic acid groups (broad SMARTS) is 1. The number of carbonyl (C=O) groups is 1. The van der Waals surface area contributed by atoms with E-state index >= 15 is 0 Å². The first kappa shape index (κ1) is 17.0. The van der Waals surface area contributed by atoms with Crippen molar-refractivity contribution in [3.05, 3.63) is 35.7 Å². The number of nitrogens with zero attached hydrogens (tertiary/aromatic N) is 3. The highest BCUT2D eigenvalue weighted by Gasteiger charge is 2.26. The van der Waals surface area contributed by atoms with Crippen LogP contribution in [0.3, 0.4) is 0 Å². The van der Waals surface area contributed by atoms with Gasteiger partial charge in [0.2, 0.25) is 0 Å². The van der Waals surface area contributed by atoms with E-state index in [0.29, 0.717) is 43.3 Å². The molecule has 1 saturated heterocycles. The Bertz CT molecular complexity index is 785. The molecule has 1 aliphatic rings. The van der Waals surface area contributed by atoms with E-state index in [0.717, 1.165) is 16.8 Å². The molecule has 1 aromatic carbocycles. The molecule has 0 bridgehead atoms. The molecule has 4 N–H and O–H groups in total. The van der Waals surface area contributed by atoms with Crippen molar-refractivity contribution in [3.8, 4) is 0 Å². The van der Waals surface area contributed by atoms with Gasteiger partial charge in [-0.2, -0.15) is 0 Å². The largest absolute Gasteiger partial charge is 0.481 e. The number of aryl methyl sites for hydroxylation is 2. The van der Waals surface area contributed by atoms with Gasteiger partial charge in [0.05, 0.1) is 5.92 Å². The lowest BCUT2D eigenvalue weighted by Gasteiger charge is -2.31. The fourth-order valence-electron chi connectivity index (χ4n) is 3.07. The molecule has 132 valence electrons. The van der Waals surface area contributed by atoms with Crippen LogP contribution in [0.5, 0.6) is 0 Å². The minimum absolute atomic E-state index is 0.285. The average molecular weight is 341 g/mol. The topological polar surface area (TPSA) is 104 Å². The smallest absolute Gasteiger partial charge is 0.306 e. The third-order valence-corrected chi connectivity index (χ3v) is 4.65. The van der Waals surface area contributed by atoms with Gasteiger partial charge in [-0.3, -0.25) is 4.79 Å². The molecule has 0 atom stereocenters. The SMILES string of the molecule is Cc1ccc(C)c(Nc2ncnc(N3CCC(C(=O)O)CC3)c2N)c1. The summed E-state index contributed by atoms with van der Waals surface area (Å²) in [6.45, 7) is 5.31. The van der Waals surface area contributed by atoms with Crippen LogP contribution in [0.25, 0.3) is 0 Å². The lowest BCUT2D eigenvalue weighted by atomic mass is 9.97. The Balaban J connectivity index is 1.81. The summed E-state index contributed by atoms with van der Waals surface area (Å²) in [6.07, 6.45) is 2.68. The molecular weight excluding hydrogens is 318 g/mol. The van der Waals surface area contributed by atoms with Crippen molar-refractivity contribution < 1.29 is 9.90 Å². The molecule has 0 amide bonds. The number of anilines is 4. The van der Waals surface area contributed by atoms with Crippen LogP contribution in [0.2, 0.25) is 0 Å². The molecule has 25 heavy (non-hydrogen) atoms. The second-order valence-electron chi connectivity index (χ2n) is 6.50. The van der Waals surface area contributed by atoms with Crippen LogP contribution in [0.4, 0.5) is 23.0 Å². The van der Waals surface area contributed by atoms with Crippen LogP contribution < -0.4 is 16.0 Å². The van der Waals surface area contributed by atoms with Crippen molar-refractivity contribution >= 4 is 29.0 Å². The van der Waals surface area contributed by atoms with Crippen molar-refractivity contribution in [2.24, 2.45) is 5.92 Å². The van der Waals surface area contributed by atoms with E-state index in [2.05, 4.69) is 27.4 Å². The second-order valence-corrected chi connectivity index (χ2v) is 6.50. The Labute approximate surface area is 146 Å². The van der Waals surface area contributed by atoms with Crippen molar-refractivity contribution in [3.63, 3.8) is 0 Å². The van der Waals surface area contributed by atoms with Crippen LogP contribution >= 0.6 is 0 Å². The van der Waals surface area contributed by atoms with Crippen LogP contribution in [0.1, 0.15) is 24.0 Å². The second kappa shape index (κ2) is 6.96. The molecule has 0 radical (unpaired) electrons. The first-order chi connectivity index (χ1) is 12.0. The van der Waals surface area contributed by atoms with E-state index in [-0.39, 0.29) is 5.92 Å². The summed E-state index contributed by atoms with van der Waals surface area (Å²) in [5, 5.41) is 12.4. The van der Waals surface area contributed by atoms with Gasteiger partial charge in [0.15, 0.2) is 11.6 Å². The van der Waals surface area contributed by atoms with Crippen molar-refractivity contribution in [2.75, 3.05) is 29.0 Å². The molecule has 7 nitrogen and oxygen atoms in total. The van der Waals surface area contributed by atoms with Crippen LogP contribution in [0, 0.1) is 19.8 Å². The minimum Gasteiger partial charge on any atom is -0.481 e. The number of aromatic nitrogens is 2. The third kappa shape index (κ3) is 3.65. The number of nitrogen functional groups attached to an aromatic ring is 1. The van der Waals surface area contributed by atoms with E-state index in [9.17, 15) is 4.79 Å². The quantitative estimate of drug-likeness (QED) is 0.785. The Morgan fingerprint density at radius 1 is 1.28 bits per heavy atom. The summed E-state index contributed by atoms with van der Waals surface area (Å²) in [4.78, 5) is 21.7. The maximum atomic E-state index is 11.1. The lowest BCUT2D eigenvalue weighted by molar-refractivity contribution is -0.142. The normalized spacial score (nSPS) is 15.2. The zero-order valence-corrected chi connectivity index (χ0v) is 14.5. The number of aliphatic carboxylic acids is 1. The molecule has 1 aromatic heterocycles. The molecule has 0 spiro atoms. The molecule has 2 aromatic rings. The number of rotatable bonds is 4. The number of nitrogens with two attached hydrogens (primary N) is 1. The van der Waals surface area contributed by atoms with E-state index in [1.54, 1.807) is 0 Å². The van der Waals surface area contributed by atoms with E-state index < -0.39 is 5.97 Å². The molecule has 2 heterocycles. The van der Waals surface area contributed by atoms with Crippen LogP contribution in [0.15, 0.2) is 24.5 Å². The number of piperidine rings is 1.